The van der Waals surface area contributed by atoms with Crippen LogP contribution in [0.2, 0.25) is 0 Å². The van der Waals surface area contributed by atoms with Crippen molar-refractivity contribution in [2.45, 2.75) is 38.2 Å². The van der Waals surface area contributed by atoms with Gasteiger partial charge in [-0.15, -0.1) is 0 Å². The van der Waals surface area contributed by atoms with Crippen LogP contribution in [-0.2, 0) is 5.60 Å². The van der Waals surface area contributed by atoms with E-state index in [4.69, 9.17) is 0 Å². The predicted octanol–water partition coefficient (Wildman–Crippen LogP) is 2.52. The number of benzene rings is 1. The highest BCUT2D eigenvalue weighted by molar-refractivity contribution is 5.74. The van der Waals surface area contributed by atoms with E-state index in [-0.39, 0.29) is 18.4 Å². The van der Waals surface area contributed by atoms with Gasteiger partial charge in [-0.1, -0.05) is 12.1 Å². The third-order valence-corrected chi connectivity index (χ3v) is 5.00. The molecule has 2 fully saturated rings. The first-order valence-electron chi connectivity index (χ1n) is 7.91. The van der Waals surface area contributed by atoms with E-state index >= 15 is 0 Å². The number of hydrogen-bond donors (Lipinski definition) is 3. The summed E-state index contributed by atoms with van der Waals surface area (Å²) in [5.74, 6) is 0.454. The van der Waals surface area contributed by atoms with Gasteiger partial charge in [0.1, 0.15) is 11.4 Å². The summed E-state index contributed by atoms with van der Waals surface area (Å²) in [5.41, 5.74) is -0.291. The van der Waals surface area contributed by atoms with Gasteiger partial charge in [0.15, 0.2) is 0 Å². The van der Waals surface area contributed by atoms with E-state index in [1.54, 1.807) is 6.92 Å². The second kappa shape index (κ2) is 5.54. The summed E-state index contributed by atoms with van der Waals surface area (Å²) in [6.45, 7) is 2.41. The first-order chi connectivity index (χ1) is 10.4. The smallest absolute Gasteiger partial charge is 0.314 e. The summed E-state index contributed by atoms with van der Waals surface area (Å²) >= 11 is 0. The SMILES string of the molecule is CC(O)(CNC(=O)NCC1(C2CC2)CC1)c1ccc(F)cc1. The van der Waals surface area contributed by atoms with Crippen LogP contribution in [0.25, 0.3) is 0 Å². The molecule has 3 N–H and O–H groups in total. The lowest BCUT2D eigenvalue weighted by molar-refractivity contribution is 0.0592. The van der Waals surface area contributed by atoms with Gasteiger partial charge >= 0.3 is 6.03 Å². The topological polar surface area (TPSA) is 61.4 Å². The van der Waals surface area contributed by atoms with Gasteiger partial charge < -0.3 is 15.7 Å². The quantitative estimate of drug-likeness (QED) is 0.756. The molecular weight excluding hydrogens is 283 g/mol. The lowest BCUT2D eigenvalue weighted by Gasteiger charge is -2.24. The molecule has 2 saturated carbocycles. The summed E-state index contributed by atoms with van der Waals surface area (Å²) < 4.78 is 12.9. The van der Waals surface area contributed by atoms with E-state index in [1.165, 1.54) is 49.9 Å². The highest BCUT2D eigenvalue weighted by Crippen LogP contribution is 2.60. The molecule has 2 amide bonds. The lowest BCUT2D eigenvalue weighted by atomic mass is 9.96. The molecule has 22 heavy (non-hydrogen) atoms. The largest absolute Gasteiger partial charge is 0.384 e. The second-order valence-electron chi connectivity index (χ2n) is 6.95. The zero-order valence-electron chi connectivity index (χ0n) is 12.9. The average Bonchev–Trinajstić information content (AvgIpc) is 3.36. The summed E-state index contributed by atoms with van der Waals surface area (Å²) in [7, 11) is 0. The Labute approximate surface area is 130 Å². The second-order valence-corrected chi connectivity index (χ2v) is 6.95. The fraction of sp³-hybridized carbons (Fsp3) is 0.588. The highest BCUT2D eigenvalue weighted by atomic mass is 19.1. The van der Waals surface area contributed by atoms with Gasteiger partial charge in [0.05, 0.1) is 6.54 Å². The number of halogens is 1. The Hall–Kier alpha value is -1.62. The van der Waals surface area contributed by atoms with E-state index < -0.39 is 5.60 Å². The van der Waals surface area contributed by atoms with Crippen molar-refractivity contribution in [2.24, 2.45) is 11.3 Å². The van der Waals surface area contributed by atoms with E-state index in [2.05, 4.69) is 10.6 Å². The summed E-state index contributed by atoms with van der Waals surface area (Å²) in [6, 6.07) is 5.41. The van der Waals surface area contributed by atoms with E-state index in [0.29, 0.717) is 11.0 Å². The zero-order chi connectivity index (χ0) is 15.8. The van der Waals surface area contributed by atoms with Crippen molar-refractivity contribution in [1.82, 2.24) is 10.6 Å². The number of rotatable bonds is 6. The van der Waals surface area contributed by atoms with Gasteiger partial charge in [-0.3, -0.25) is 0 Å². The maximum absolute atomic E-state index is 12.9. The van der Waals surface area contributed by atoms with Gasteiger partial charge in [-0.2, -0.15) is 0 Å². The number of carbonyl (C=O) groups excluding carboxylic acids is 1. The van der Waals surface area contributed by atoms with Crippen LogP contribution in [0.4, 0.5) is 9.18 Å². The molecule has 0 heterocycles. The fourth-order valence-electron chi connectivity index (χ4n) is 3.07. The van der Waals surface area contributed by atoms with Crippen molar-refractivity contribution in [3.05, 3.63) is 35.6 Å². The Morgan fingerprint density at radius 1 is 1.32 bits per heavy atom. The molecule has 120 valence electrons. The Bertz CT molecular complexity index is 548. The van der Waals surface area contributed by atoms with Gasteiger partial charge in [-0.25, -0.2) is 9.18 Å². The zero-order valence-corrected chi connectivity index (χ0v) is 12.9. The fourth-order valence-corrected chi connectivity index (χ4v) is 3.07. The van der Waals surface area contributed by atoms with Crippen molar-refractivity contribution in [1.29, 1.82) is 0 Å². The summed E-state index contributed by atoms with van der Waals surface area (Å²) in [4.78, 5) is 11.9. The molecule has 0 radical (unpaired) electrons. The number of urea groups is 1. The van der Waals surface area contributed by atoms with Crippen LogP contribution in [0.15, 0.2) is 24.3 Å². The van der Waals surface area contributed by atoms with Gasteiger partial charge in [0, 0.05) is 6.54 Å². The summed E-state index contributed by atoms with van der Waals surface area (Å²) in [6.07, 6.45) is 5.02. The third kappa shape index (κ3) is 3.40. The molecule has 4 nitrogen and oxygen atoms in total. The molecule has 2 aliphatic carbocycles. The Kier molecular flexibility index (Phi) is 3.85. The molecule has 1 unspecified atom stereocenters. The molecule has 1 aromatic rings. The Morgan fingerprint density at radius 3 is 2.50 bits per heavy atom. The molecule has 0 saturated heterocycles. The lowest BCUT2D eigenvalue weighted by Crippen LogP contribution is -2.45. The van der Waals surface area contributed by atoms with Gasteiger partial charge in [0.2, 0.25) is 0 Å². The van der Waals surface area contributed by atoms with Crippen LogP contribution in [-0.4, -0.2) is 24.2 Å². The van der Waals surface area contributed by atoms with Crippen LogP contribution in [0, 0.1) is 17.2 Å². The van der Waals surface area contributed by atoms with Crippen LogP contribution >= 0.6 is 0 Å². The molecule has 2 aliphatic rings. The molecule has 0 bridgehead atoms. The molecule has 0 aliphatic heterocycles. The average molecular weight is 306 g/mol. The van der Waals surface area contributed by atoms with Gasteiger partial charge in [-0.05, 0) is 61.6 Å². The molecule has 1 atom stereocenters. The predicted molar refractivity (Wildman–Crippen MR) is 81.8 cm³/mol. The number of hydrogen-bond acceptors (Lipinski definition) is 2. The van der Waals surface area contributed by atoms with Crippen molar-refractivity contribution in [2.75, 3.05) is 13.1 Å². The van der Waals surface area contributed by atoms with E-state index in [1.807, 2.05) is 0 Å². The van der Waals surface area contributed by atoms with E-state index in [0.717, 1.165) is 12.5 Å². The first kappa shape index (κ1) is 15.3. The monoisotopic (exact) mass is 306 g/mol. The maximum atomic E-state index is 12.9. The molecule has 1 aromatic carbocycles. The van der Waals surface area contributed by atoms with E-state index in [9.17, 15) is 14.3 Å². The van der Waals surface area contributed by atoms with Crippen LogP contribution in [0.5, 0.6) is 0 Å². The molecular formula is C17H23FN2O2. The number of nitrogens with one attached hydrogen (secondary N) is 2. The number of aliphatic hydroxyl groups is 1. The van der Waals surface area contributed by atoms with Crippen molar-refractivity contribution in [3.63, 3.8) is 0 Å². The molecule has 0 aromatic heterocycles. The van der Waals surface area contributed by atoms with Crippen molar-refractivity contribution < 1.29 is 14.3 Å². The third-order valence-electron chi connectivity index (χ3n) is 5.00. The standard InChI is InChI=1S/C17H23FN2O2/c1-16(22,12-4-6-14(18)7-5-12)10-19-15(21)20-11-17(8-9-17)13-2-3-13/h4-7,13,22H,2-3,8-11H2,1H3,(H2,19,20,21). The van der Waals surface area contributed by atoms with Crippen molar-refractivity contribution >= 4 is 6.03 Å². The van der Waals surface area contributed by atoms with Crippen LogP contribution in [0.3, 0.4) is 0 Å². The minimum absolute atomic E-state index is 0.0842. The van der Waals surface area contributed by atoms with Crippen molar-refractivity contribution in [3.8, 4) is 0 Å². The Morgan fingerprint density at radius 2 is 1.95 bits per heavy atom. The highest BCUT2D eigenvalue weighted by Gasteiger charge is 2.53. The summed E-state index contributed by atoms with van der Waals surface area (Å²) in [5, 5.41) is 16.0. The normalized spacial score (nSPS) is 21.8. The number of carbonyl (C=O) groups is 1. The maximum Gasteiger partial charge on any atom is 0.314 e. The molecule has 0 spiro atoms. The molecule has 3 rings (SSSR count). The minimum Gasteiger partial charge on any atom is -0.384 e. The first-order valence-corrected chi connectivity index (χ1v) is 7.91. The van der Waals surface area contributed by atoms with Crippen LogP contribution in [0.1, 0.15) is 38.2 Å². The van der Waals surface area contributed by atoms with Gasteiger partial charge in [0.25, 0.3) is 0 Å². The minimum atomic E-state index is -1.22. The number of amides is 2. The Balaban J connectivity index is 1.46. The molecule has 5 heteroatoms. The van der Waals surface area contributed by atoms with Crippen LogP contribution < -0.4 is 10.6 Å².